The monoisotopic (exact) mass is 378 g/mol. The Morgan fingerprint density at radius 2 is 1.79 bits per heavy atom. The van der Waals surface area contributed by atoms with E-state index in [0.29, 0.717) is 10.0 Å². The van der Waals surface area contributed by atoms with Gasteiger partial charge in [-0.25, -0.2) is 0 Å². The van der Waals surface area contributed by atoms with E-state index in [0.717, 1.165) is 21.3 Å². The van der Waals surface area contributed by atoms with Gasteiger partial charge < -0.3 is 4.74 Å². The molecule has 5 heteroatoms. The molecule has 0 aromatic heterocycles. The Labute approximate surface area is 135 Å². The van der Waals surface area contributed by atoms with Crippen LogP contribution in [0.1, 0.15) is 16.5 Å². The second kappa shape index (κ2) is 6.36. The van der Waals surface area contributed by atoms with Gasteiger partial charge >= 0.3 is 0 Å². The highest BCUT2D eigenvalue weighted by molar-refractivity contribution is 9.10. The molecule has 2 aromatic carbocycles. The van der Waals surface area contributed by atoms with Crippen LogP contribution in [0.3, 0.4) is 0 Å². The molecule has 2 rings (SSSR count). The average molecular weight is 380 g/mol. The highest BCUT2D eigenvalue weighted by Gasteiger charge is 2.17. The lowest BCUT2D eigenvalue weighted by molar-refractivity contribution is 0.410. The molecule has 1 nitrogen and oxygen atoms in total. The van der Waals surface area contributed by atoms with Gasteiger partial charge in [0.05, 0.1) is 22.5 Å². The topological polar surface area (TPSA) is 9.23 Å². The molecular weight excluding hydrogens is 370 g/mol. The largest absolute Gasteiger partial charge is 0.496 e. The van der Waals surface area contributed by atoms with Gasteiger partial charge in [0, 0.05) is 10.0 Å². The van der Waals surface area contributed by atoms with Gasteiger partial charge in [-0.3, -0.25) is 0 Å². The van der Waals surface area contributed by atoms with Gasteiger partial charge in [0.2, 0.25) is 0 Å². The molecule has 0 bridgehead atoms. The summed E-state index contributed by atoms with van der Waals surface area (Å²) in [5, 5.41) is 0.636. The summed E-state index contributed by atoms with van der Waals surface area (Å²) in [6.07, 6.45) is 0. The molecule has 0 N–H and O–H groups in total. The maximum atomic E-state index is 6.51. The first-order chi connectivity index (χ1) is 9.02. The fourth-order valence-corrected chi connectivity index (χ4v) is 2.74. The normalized spacial score (nSPS) is 12.3. The van der Waals surface area contributed by atoms with E-state index >= 15 is 0 Å². The number of ether oxygens (including phenoxy) is 1. The first kappa shape index (κ1) is 15.0. The minimum Gasteiger partial charge on any atom is -0.496 e. The van der Waals surface area contributed by atoms with Crippen LogP contribution in [0.4, 0.5) is 0 Å². The van der Waals surface area contributed by atoms with Gasteiger partial charge in [0.1, 0.15) is 5.75 Å². The molecule has 2 aromatic rings. The molecule has 0 fully saturated rings. The lowest BCUT2D eigenvalue weighted by atomic mass is 10.0. The third kappa shape index (κ3) is 3.38. The Hall–Kier alpha value is -0.410. The van der Waals surface area contributed by atoms with Crippen LogP contribution in [0.5, 0.6) is 5.75 Å². The summed E-state index contributed by atoms with van der Waals surface area (Å²) in [4.78, 5) is 0. The first-order valence-corrected chi connectivity index (χ1v) is 7.44. The fourth-order valence-electron chi connectivity index (χ4n) is 1.75. The summed E-state index contributed by atoms with van der Waals surface area (Å²) in [6, 6.07) is 11.1. The van der Waals surface area contributed by atoms with Crippen molar-refractivity contribution in [1.29, 1.82) is 0 Å². The number of benzene rings is 2. The third-order valence-corrected chi connectivity index (χ3v) is 4.42. The Balaban J connectivity index is 2.45. The van der Waals surface area contributed by atoms with Crippen molar-refractivity contribution in [3.8, 4) is 5.75 Å². The molecule has 19 heavy (non-hydrogen) atoms. The van der Waals surface area contributed by atoms with Gasteiger partial charge in [0.25, 0.3) is 0 Å². The van der Waals surface area contributed by atoms with E-state index in [9.17, 15) is 0 Å². The summed E-state index contributed by atoms with van der Waals surface area (Å²) < 4.78 is 6.27. The number of alkyl halides is 1. The van der Waals surface area contributed by atoms with Crippen molar-refractivity contribution in [2.24, 2.45) is 0 Å². The van der Waals surface area contributed by atoms with Crippen molar-refractivity contribution in [1.82, 2.24) is 0 Å². The highest BCUT2D eigenvalue weighted by Crippen LogP contribution is 2.38. The van der Waals surface area contributed by atoms with Crippen molar-refractivity contribution in [3.63, 3.8) is 0 Å². The van der Waals surface area contributed by atoms with E-state index in [2.05, 4.69) is 15.9 Å². The number of hydrogen-bond donors (Lipinski definition) is 0. The van der Waals surface area contributed by atoms with E-state index in [-0.39, 0.29) is 5.38 Å². The highest BCUT2D eigenvalue weighted by atomic mass is 79.9. The smallest absolute Gasteiger partial charge is 0.123 e. The number of rotatable bonds is 3. The summed E-state index contributed by atoms with van der Waals surface area (Å²) in [5.74, 6) is 0.731. The van der Waals surface area contributed by atoms with Gasteiger partial charge in [-0.2, -0.15) is 0 Å². The predicted molar refractivity (Wildman–Crippen MR) is 84.9 cm³/mol. The molecule has 0 saturated heterocycles. The zero-order valence-corrected chi connectivity index (χ0v) is 13.8. The molecule has 0 heterocycles. The maximum Gasteiger partial charge on any atom is 0.123 e. The molecule has 0 saturated carbocycles. The van der Waals surface area contributed by atoms with E-state index < -0.39 is 0 Å². The molecule has 0 aliphatic rings. The van der Waals surface area contributed by atoms with Gasteiger partial charge in [-0.05, 0) is 35.9 Å². The molecule has 1 unspecified atom stereocenters. The Kier molecular flexibility index (Phi) is 5.02. The van der Waals surface area contributed by atoms with Crippen molar-refractivity contribution >= 4 is 50.7 Å². The van der Waals surface area contributed by atoms with Crippen LogP contribution < -0.4 is 4.74 Å². The minimum absolute atomic E-state index is 0.359. The van der Waals surface area contributed by atoms with Crippen LogP contribution in [-0.4, -0.2) is 7.11 Å². The zero-order valence-electron chi connectivity index (χ0n) is 9.96. The minimum atomic E-state index is -0.359. The van der Waals surface area contributed by atoms with E-state index in [1.54, 1.807) is 19.2 Å². The second-order valence-electron chi connectivity index (χ2n) is 3.92. The second-order valence-corrected chi connectivity index (χ2v) is 6.09. The summed E-state index contributed by atoms with van der Waals surface area (Å²) in [5.41, 5.74) is 1.74. The maximum absolute atomic E-state index is 6.51. The Morgan fingerprint density at radius 3 is 2.42 bits per heavy atom. The van der Waals surface area contributed by atoms with Crippen LogP contribution in [0.2, 0.25) is 10.0 Å². The van der Waals surface area contributed by atoms with E-state index in [1.165, 1.54) is 0 Å². The quantitative estimate of drug-likeness (QED) is 0.585. The Bertz CT molecular complexity index is 601. The molecule has 100 valence electrons. The van der Waals surface area contributed by atoms with Crippen molar-refractivity contribution in [3.05, 3.63) is 62.0 Å². The Morgan fingerprint density at radius 1 is 1.05 bits per heavy atom. The molecule has 0 aliphatic heterocycles. The van der Waals surface area contributed by atoms with Crippen LogP contribution in [-0.2, 0) is 0 Å². The van der Waals surface area contributed by atoms with Crippen molar-refractivity contribution < 1.29 is 4.74 Å². The van der Waals surface area contributed by atoms with E-state index in [4.69, 9.17) is 39.5 Å². The SMILES string of the molecule is COc1ccc(Br)cc1C(Cl)c1ccc(Cl)c(Cl)c1. The molecule has 0 aliphatic carbocycles. The summed E-state index contributed by atoms with van der Waals surface area (Å²) in [7, 11) is 1.62. The van der Waals surface area contributed by atoms with E-state index in [1.807, 2.05) is 24.3 Å². The molecular formula is C14H10BrCl3O. The predicted octanol–water partition coefficient (Wildman–Crippen LogP) is 6.09. The van der Waals surface area contributed by atoms with Crippen molar-refractivity contribution in [2.75, 3.05) is 7.11 Å². The lowest BCUT2D eigenvalue weighted by Crippen LogP contribution is -1.97. The lowest BCUT2D eigenvalue weighted by Gasteiger charge is -2.15. The number of hydrogen-bond acceptors (Lipinski definition) is 1. The number of methoxy groups -OCH3 is 1. The van der Waals surface area contributed by atoms with Crippen LogP contribution in [0.25, 0.3) is 0 Å². The fraction of sp³-hybridized carbons (Fsp3) is 0.143. The third-order valence-electron chi connectivity index (χ3n) is 2.70. The first-order valence-electron chi connectivity index (χ1n) is 5.45. The molecule has 0 radical (unpaired) electrons. The molecule has 1 atom stereocenters. The standard InChI is InChI=1S/C14H10BrCl3O/c1-19-13-5-3-9(15)7-10(13)14(18)8-2-4-11(16)12(17)6-8/h2-7,14H,1H3. The number of halogens is 4. The van der Waals surface area contributed by atoms with Crippen LogP contribution in [0, 0.1) is 0 Å². The zero-order chi connectivity index (χ0) is 14.0. The molecule has 0 spiro atoms. The van der Waals surface area contributed by atoms with Crippen LogP contribution in [0.15, 0.2) is 40.9 Å². The van der Waals surface area contributed by atoms with Gasteiger partial charge in [-0.15, -0.1) is 11.6 Å². The molecule has 0 amide bonds. The van der Waals surface area contributed by atoms with Crippen molar-refractivity contribution in [2.45, 2.75) is 5.38 Å². The summed E-state index contributed by atoms with van der Waals surface area (Å²) >= 11 is 21.9. The average Bonchev–Trinajstić information content (AvgIpc) is 2.41. The van der Waals surface area contributed by atoms with Crippen LogP contribution >= 0.6 is 50.7 Å². The van der Waals surface area contributed by atoms with Gasteiger partial charge in [-0.1, -0.05) is 45.2 Å². The summed E-state index contributed by atoms with van der Waals surface area (Å²) in [6.45, 7) is 0. The van der Waals surface area contributed by atoms with Gasteiger partial charge in [0.15, 0.2) is 0 Å².